The summed E-state index contributed by atoms with van der Waals surface area (Å²) in [6.45, 7) is 0.678. The first-order chi connectivity index (χ1) is 12.7. The number of amides is 1. The number of rotatable bonds is 3. The molecule has 1 amide bonds. The second-order valence-electron chi connectivity index (χ2n) is 7.81. The summed E-state index contributed by atoms with van der Waals surface area (Å²) in [4.78, 5) is 14.1. The molecule has 0 radical (unpaired) electrons. The Morgan fingerprint density at radius 1 is 1.22 bits per heavy atom. The molecule has 1 heterocycles. The van der Waals surface area contributed by atoms with Gasteiger partial charge in [0.15, 0.2) is 5.92 Å². The predicted molar refractivity (Wildman–Crippen MR) is 94.5 cm³/mol. The van der Waals surface area contributed by atoms with Crippen LogP contribution >= 0.6 is 0 Å². The van der Waals surface area contributed by atoms with Crippen molar-refractivity contribution in [2.45, 2.75) is 56.7 Å². The van der Waals surface area contributed by atoms with E-state index in [2.05, 4.69) is 0 Å². The van der Waals surface area contributed by atoms with E-state index in [4.69, 9.17) is 4.74 Å². The van der Waals surface area contributed by atoms with Gasteiger partial charge in [0.2, 0.25) is 5.91 Å². The minimum Gasteiger partial charge on any atom is -0.497 e. The molecule has 1 spiro atoms. The summed E-state index contributed by atoms with van der Waals surface area (Å²) in [5, 5.41) is 9.69. The highest BCUT2D eigenvalue weighted by molar-refractivity contribution is 5.85. The Morgan fingerprint density at radius 2 is 1.85 bits per heavy atom. The van der Waals surface area contributed by atoms with Gasteiger partial charge in [0, 0.05) is 13.1 Å². The number of benzene rings is 1. The standard InChI is InChI=1S/C20H26F3NO3/c1-27-16-4-2-3-14(13-16)17(20(21,22)23)18(26)24-11-9-19(10-12-24)7-5-15(25)6-8-19/h2-4,13,15,17,25H,5-12H2,1H3. The first-order valence-electron chi connectivity index (χ1n) is 9.42. The summed E-state index contributed by atoms with van der Waals surface area (Å²) in [6.07, 6.45) is -0.274. The van der Waals surface area contributed by atoms with E-state index in [1.165, 1.54) is 30.2 Å². The first-order valence-corrected chi connectivity index (χ1v) is 9.42. The molecule has 1 aliphatic heterocycles. The fourth-order valence-electron chi connectivity index (χ4n) is 4.39. The van der Waals surface area contributed by atoms with Crippen molar-refractivity contribution in [1.82, 2.24) is 4.90 Å². The molecule has 3 rings (SSSR count). The van der Waals surface area contributed by atoms with Crippen molar-refractivity contribution in [1.29, 1.82) is 0 Å². The van der Waals surface area contributed by atoms with Crippen molar-refractivity contribution >= 4 is 5.91 Å². The quantitative estimate of drug-likeness (QED) is 0.859. The highest BCUT2D eigenvalue weighted by Crippen LogP contribution is 2.46. The molecule has 7 heteroatoms. The number of halogens is 3. The lowest BCUT2D eigenvalue weighted by Gasteiger charge is -2.45. The van der Waals surface area contributed by atoms with E-state index < -0.39 is 18.0 Å². The first kappa shape index (κ1) is 20.0. The average Bonchev–Trinajstić information content (AvgIpc) is 2.64. The van der Waals surface area contributed by atoms with Gasteiger partial charge in [-0.05, 0) is 61.6 Å². The van der Waals surface area contributed by atoms with Gasteiger partial charge in [0.25, 0.3) is 0 Å². The van der Waals surface area contributed by atoms with Crippen molar-refractivity contribution in [3.05, 3.63) is 29.8 Å². The molecule has 1 saturated carbocycles. The van der Waals surface area contributed by atoms with E-state index in [0.29, 0.717) is 31.7 Å². The number of carbonyl (C=O) groups is 1. The van der Waals surface area contributed by atoms with Crippen LogP contribution < -0.4 is 4.74 Å². The van der Waals surface area contributed by atoms with Gasteiger partial charge in [-0.15, -0.1) is 0 Å². The number of hydrogen-bond acceptors (Lipinski definition) is 3. The maximum absolute atomic E-state index is 13.7. The Bertz CT molecular complexity index is 659. The number of aliphatic hydroxyl groups is 1. The molecule has 1 saturated heterocycles. The van der Waals surface area contributed by atoms with Gasteiger partial charge in [-0.3, -0.25) is 4.79 Å². The van der Waals surface area contributed by atoms with Gasteiger partial charge in [-0.1, -0.05) is 12.1 Å². The zero-order chi connectivity index (χ0) is 19.7. The largest absolute Gasteiger partial charge is 0.497 e. The topological polar surface area (TPSA) is 49.8 Å². The summed E-state index contributed by atoms with van der Waals surface area (Å²) in [5.74, 6) is -2.76. The molecule has 1 N–H and O–H groups in total. The average molecular weight is 385 g/mol. The molecule has 1 atom stereocenters. The molecule has 4 nitrogen and oxygen atoms in total. The van der Waals surface area contributed by atoms with Gasteiger partial charge >= 0.3 is 6.18 Å². The second-order valence-corrected chi connectivity index (χ2v) is 7.81. The van der Waals surface area contributed by atoms with Crippen LogP contribution in [0.4, 0.5) is 13.2 Å². The molecule has 0 bridgehead atoms. The molecule has 1 aromatic carbocycles. The molecule has 0 aromatic heterocycles. The molecule has 2 aliphatic rings. The van der Waals surface area contributed by atoms with Crippen LogP contribution in [-0.2, 0) is 4.79 Å². The van der Waals surface area contributed by atoms with Crippen LogP contribution in [0.25, 0.3) is 0 Å². The smallest absolute Gasteiger partial charge is 0.404 e. The maximum atomic E-state index is 13.7. The number of nitrogens with zero attached hydrogens (tertiary/aromatic N) is 1. The van der Waals surface area contributed by atoms with Crippen molar-refractivity contribution in [3.63, 3.8) is 0 Å². The summed E-state index contributed by atoms with van der Waals surface area (Å²) in [6, 6.07) is 5.64. The lowest BCUT2D eigenvalue weighted by Crippen LogP contribution is -2.48. The summed E-state index contributed by atoms with van der Waals surface area (Å²) in [5.41, 5.74) is -0.0207. The third-order valence-electron chi connectivity index (χ3n) is 6.15. The van der Waals surface area contributed by atoms with Crippen LogP contribution in [-0.4, -0.2) is 48.4 Å². The van der Waals surface area contributed by atoms with E-state index in [1.54, 1.807) is 6.07 Å². The van der Waals surface area contributed by atoms with Gasteiger partial charge in [-0.25, -0.2) is 0 Å². The predicted octanol–water partition coefficient (Wildman–Crippen LogP) is 3.88. The Balaban J connectivity index is 1.74. The Labute approximate surface area is 157 Å². The lowest BCUT2D eigenvalue weighted by molar-refractivity contribution is -0.173. The summed E-state index contributed by atoms with van der Waals surface area (Å²) >= 11 is 0. The Morgan fingerprint density at radius 3 is 2.41 bits per heavy atom. The number of hydrogen-bond donors (Lipinski definition) is 1. The third-order valence-corrected chi connectivity index (χ3v) is 6.15. The zero-order valence-electron chi connectivity index (χ0n) is 15.5. The van der Waals surface area contributed by atoms with Crippen molar-refractivity contribution in [2.75, 3.05) is 20.2 Å². The van der Waals surface area contributed by atoms with E-state index in [-0.39, 0.29) is 17.1 Å². The lowest BCUT2D eigenvalue weighted by atomic mass is 9.67. The number of methoxy groups -OCH3 is 1. The molecular weight excluding hydrogens is 359 g/mol. The minimum atomic E-state index is -4.66. The number of piperidine rings is 1. The van der Waals surface area contributed by atoms with Crippen LogP contribution in [0.5, 0.6) is 5.75 Å². The fourth-order valence-corrected chi connectivity index (χ4v) is 4.39. The maximum Gasteiger partial charge on any atom is 0.404 e. The van der Waals surface area contributed by atoms with Crippen LogP contribution in [0, 0.1) is 5.41 Å². The fraction of sp³-hybridized carbons (Fsp3) is 0.650. The summed E-state index contributed by atoms with van der Waals surface area (Å²) < 4.78 is 46.2. The molecule has 1 aliphatic carbocycles. The van der Waals surface area contributed by atoms with E-state index in [0.717, 1.165) is 25.7 Å². The van der Waals surface area contributed by atoms with Crippen molar-refractivity contribution < 1.29 is 27.8 Å². The highest BCUT2D eigenvalue weighted by Gasteiger charge is 2.49. The van der Waals surface area contributed by atoms with Gasteiger partial charge in [0.1, 0.15) is 5.75 Å². The third kappa shape index (κ3) is 4.39. The molecule has 1 aromatic rings. The van der Waals surface area contributed by atoms with Crippen molar-refractivity contribution in [2.24, 2.45) is 5.41 Å². The van der Waals surface area contributed by atoms with Crippen LogP contribution in [0.15, 0.2) is 24.3 Å². The second kappa shape index (κ2) is 7.70. The minimum absolute atomic E-state index is 0.0692. The monoisotopic (exact) mass is 385 g/mol. The van der Waals surface area contributed by atoms with Crippen LogP contribution in [0.1, 0.15) is 50.0 Å². The number of ether oxygens (including phenoxy) is 1. The normalized spacial score (nSPS) is 21.9. The number of carbonyl (C=O) groups excluding carboxylic acids is 1. The Hall–Kier alpha value is -1.76. The Kier molecular flexibility index (Phi) is 5.70. The van der Waals surface area contributed by atoms with E-state index in [9.17, 15) is 23.1 Å². The van der Waals surface area contributed by atoms with Crippen LogP contribution in [0.2, 0.25) is 0 Å². The van der Waals surface area contributed by atoms with Gasteiger partial charge in [-0.2, -0.15) is 13.2 Å². The zero-order valence-corrected chi connectivity index (χ0v) is 15.5. The SMILES string of the molecule is COc1cccc(C(C(=O)N2CCC3(CCC(O)CC3)CC2)C(F)(F)F)c1. The highest BCUT2D eigenvalue weighted by atomic mass is 19.4. The number of aliphatic hydroxyl groups excluding tert-OH is 1. The summed E-state index contributed by atoms with van der Waals surface area (Å²) in [7, 11) is 1.38. The van der Waals surface area contributed by atoms with Crippen LogP contribution in [0.3, 0.4) is 0 Å². The molecule has 2 fully saturated rings. The van der Waals surface area contributed by atoms with E-state index >= 15 is 0 Å². The number of alkyl halides is 3. The molecule has 27 heavy (non-hydrogen) atoms. The molecule has 1 unspecified atom stereocenters. The van der Waals surface area contributed by atoms with Gasteiger partial charge < -0.3 is 14.7 Å². The molecular formula is C20H26F3NO3. The van der Waals surface area contributed by atoms with Gasteiger partial charge in [0.05, 0.1) is 13.2 Å². The van der Waals surface area contributed by atoms with Crippen molar-refractivity contribution in [3.8, 4) is 5.75 Å². The van der Waals surface area contributed by atoms with E-state index in [1.807, 2.05) is 0 Å². The number of likely N-dealkylation sites (tertiary alicyclic amines) is 1. The molecule has 150 valence electrons.